The molecule has 2 unspecified atom stereocenters. The van der Waals surface area contributed by atoms with Crippen molar-refractivity contribution in [2.45, 2.75) is 225 Å². The minimum Gasteiger partial charge on any atom is -0.457 e. The van der Waals surface area contributed by atoms with Crippen LogP contribution in [0, 0.1) is 0 Å². The van der Waals surface area contributed by atoms with E-state index in [2.05, 4.69) is 86.8 Å². The Morgan fingerprint density at radius 2 is 0.892 bits per heavy atom. The van der Waals surface area contributed by atoms with Gasteiger partial charge in [0.1, 0.15) is 19.3 Å². The number of hydrogen-bond donors (Lipinski definition) is 1. The lowest BCUT2D eigenvalue weighted by Gasteiger charge is -2.24. The molecule has 0 spiro atoms. The predicted octanol–water partition coefficient (Wildman–Crippen LogP) is 16.6. The number of unbranched alkanes of at least 4 members (excludes halogenated alkanes) is 23. The van der Waals surface area contributed by atoms with E-state index >= 15 is 0 Å². The van der Waals surface area contributed by atoms with E-state index in [1.807, 2.05) is 21.1 Å². The van der Waals surface area contributed by atoms with Gasteiger partial charge in [0.05, 0.1) is 34.4 Å². The first-order valence-corrected chi connectivity index (χ1v) is 28.2. The number of carbonyl (C=O) groups excluding carboxylic acids is 1. The van der Waals surface area contributed by atoms with E-state index < -0.39 is 13.9 Å². The number of hydrogen-bond acceptors (Lipinski definition) is 6. The molecular formula is C56H103NO7P+. The molecule has 0 aromatic heterocycles. The number of phosphoric ester groups is 1. The van der Waals surface area contributed by atoms with Gasteiger partial charge in [0.2, 0.25) is 0 Å². The van der Waals surface area contributed by atoms with Crippen LogP contribution in [0.4, 0.5) is 0 Å². The van der Waals surface area contributed by atoms with Crippen molar-refractivity contribution in [2.75, 3.05) is 54.1 Å². The summed E-state index contributed by atoms with van der Waals surface area (Å²) in [4.78, 5) is 23.0. The van der Waals surface area contributed by atoms with Gasteiger partial charge in [-0.3, -0.25) is 13.8 Å². The Kier molecular flexibility index (Phi) is 46.9. The molecule has 0 aromatic carbocycles. The Labute approximate surface area is 402 Å². The van der Waals surface area contributed by atoms with Crippen LogP contribution in [0.2, 0.25) is 0 Å². The average Bonchev–Trinajstić information content (AvgIpc) is 3.27. The molecule has 0 aliphatic rings. The van der Waals surface area contributed by atoms with Crippen LogP contribution in [0.25, 0.3) is 0 Å². The van der Waals surface area contributed by atoms with Gasteiger partial charge in [-0.25, -0.2) is 4.57 Å². The monoisotopic (exact) mass is 933 g/mol. The molecule has 0 aromatic rings. The van der Waals surface area contributed by atoms with Crippen molar-refractivity contribution in [3.8, 4) is 0 Å². The summed E-state index contributed by atoms with van der Waals surface area (Å²) in [5, 5.41) is 0. The minimum absolute atomic E-state index is 0.0796. The lowest BCUT2D eigenvalue weighted by Crippen LogP contribution is -2.37. The van der Waals surface area contributed by atoms with Crippen LogP contribution in [0.3, 0.4) is 0 Å². The Balaban J connectivity index is 4.19. The van der Waals surface area contributed by atoms with Crippen LogP contribution >= 0.6 is 7.82 Å². The molecule has 0 aliphatic heterocycles. The number of phosphoric acid groups is 1. The highest BCUT2D eigenvalue weighted by atomic mass is 31.2. The van der Waals surface area contributed by atoms with Gasteiger partial charge in [-0.1, -0.05) is 222 Å². The van der Waals surface area contributed by atoms with Crippen molar-refractivity contribution in [2.24, 2.45) is 0 Å². The SMILES string of the molecule is CC/C=C\C/C=C\C/C=C\C/C=C\C/C=C\C/C=C\CCCCCOCC(COP(=O)(O)OCC[N+](C)(C)C)OC(=O)CCCCCCCCCCCCCCCCCCCCCCC. The smallest absolute Gasteiger partial charge is 0.457 e. The van der Waals surface area contributed by atoms with Gasteiger partial charge in [0.15, 0.2) is 0 Å². The second-order valence-electron chi connectivity index (χ2n) is 18.9. The molecule has 0 heterocycles. The predicted molar refractivity (Wildman–Crippen MR) is 279 cm³/mol. The van der Waals surface area contributed by atoms with Gasteiger partial charge in [-0.05, 0) is 64.2 Å². The number of nitrogens with zero attached hydrogens (tertiary/aromatic N) is 1. The van der Waals surface area contributed by atoms with E-state index in [0.29, 0.717) is 24.1 Å². The third-order valence-corrected chi connectivity index (χ3v) is 12.3. The van der Waals surface area contributed by atoms with Gasteiger partial charge < -0.3 is 18.9 Å². The van der Waals surface area contributed by atoms with Crippen LogP contribution < -0.4 is 0 Å². The summed E-state index contributed by atoms with van der Waals surface area (Å²) in [6, 6.07) is 0. The second kappa shape index (κ2) is 48.4. The third kappa shape index (κ3) is 52.8. The van der Waals surface area contributed by atoms with Crippen molar-refractivity contribution in [1.82, 2.24) is 0 Å². The summed E-state index contributed by atoms with van der Waals surface area (Å²) in [5.41, 5.74) is 0. The molecule has 0 radical (unpaired) electrons. The normalized spacial score (nSPS) is 14.1. The highest BCUT2D eigenvalue weighted by molar-refractivity contribution is 7.47. The van der Waals surface area contributed by atoms with E-state index in [4.69, 9.17) is 18.5 Å². The van der Waals surface area contributed by atoms with Crippen molar-refractivity contribution in [1.29, 1.82) is 0 Å². The summed E-state index contributed by atoms with van der Waals surface area (Å²) < 4.78 is 35.1. The highest BCUT2D eigenvalue weighted by Crippen LogP contribution is 2.43. The standard InChI is InChI=1S/C56H102NO7P/c1-6-8-10-12-14-16-18-20-22-24-26-28-30-32-34-36-38-40-42-44-46-48-51-61-53-55(54-63-65(59,60)62-52-50-57(3,4)5)64-56(58)49-47-45-43-41-39-37-35-33-31-29-27-25-23-21-19-17-15-13-11-9-7-2/h8,10,14,16,20,22,26,28,32,34,38,40,55H,6-7,9,11-13,15,17-19,21,23-25,27,29-31,33,35-37,39,41-54H2,1-5H3/p+1/b10-8-,16-14-,22-20-,28-26-,34-32-,40-38-. The van der Waals surface area contributed by atoms with Crippen LogP contribution in [0.5, 0.6) is 0 Å². The Morgan fingerprint density at radius 1 is 0.492 bits per heavy atom. The molecule has 0 saturated carbocycles. The number of carbonyl (C=O) groups is 1. The van der Waals surface area contributed by atoms with Gasteiger partial charge in [0.25, 0.3) is 0 Å². The molecule has 0 amide bonds. The summed E-state index contributed by atoms with van der Waals surface area (Å²) >= 11 is 0. The summed E-state index contributed by atoms with van der Waals surface area (Å²) in [7, 11) is 1.64. The van der Waals surface area contributed by atoms with Gasteiger partial charge in [0, 0.05) is 13.0 Å². The molecule has 1 N–H and O–H groups in total. The average molecular weight is 933 g/mol. The van der Waals surface area contributed by atoms with E-state index in [0.717, 1.165) is 83.5 Å². The Hall–Kier alpha value is -2.06. The molecule has 65 heavy (non-hydrogen) atoms. The first-order chi connectivity index (χ1) is 31.6. The van der Waals surface area contributed by atoms with E-state index in [-0.39, 0.29) is 25.8 Å². The molecule has 0 fully saturated rings. The van der Waals surface area contributed by atoms with Crippen molar-refractivity contribution in [3.63, 3.8) is 0 Å². The number of allylic oxidation sites excluding steroid dienone is 12. The molecule has 0 saturated heterocycles. The third-order valence-electron chi connectivity index (χ3n) is 11.3. The van der Waals surface area contributed by atoms with Crippen molar-refractivity contribution >= 4 is 13.8 Å². The summed E-state index contributed by atoms with van der Waals surface area (Å²) in [6.07, 6.45) is 63.9. The summed E-state index contributed by atoms with van der Waals surface area (Å²) in [6.45, 7) is 5.44. The largest absolute Gasteiger partial charge is 0.472 e. The molecule has 8 nitrogen and oxygen atoms in total. The Morgan fingerprint density at radius 3 is 1.32 bits per heavy atom. The quantitative estimate of drug-likeness (QED) is 0.0214. The number of ether oxygens (including phenoxy) is 2. The molecule has 378 valence electrons. The number of quaternary nitrogens is 1. The lowest BCUT2D eigenvalue weighted by molar-refractivity contribution is -0.870. The zero-order chi connectivity index (χ0) is 47.6. The fraction of sp³-hybridized carbons (Fsp3) is 0.768. The fourth-order valence-corrected chi connectivity index (χ4v) is 7.95. The molecule has 0 bridgehead atoms. The number of esters is 1. The molecule has 9 heteroatoms. The van der Waals surface area contributed by atoms with Crippen LogP contribution in [-0.4, -0.2) is 75.6 Å². The van der Waals surface area contributed by atoms with Crippen molar-refractivity contribution in [3.05, 3.63) is 72.9 Å². The minimum atomic E-state index is -4.29. The van der Waals surface area contributed by atoms with E-state index in [1.165, 1.54) is 116 Å². The van der Waals surface area contributed by atoms with Crippen LogP contribution in [0.15, 0.2) is 72.9 Å². The van der Waals surface area contributed by atoms with Gasteiger partial charge in [-0.2, -0.15) is 0 Å². The first-order valence-electron chi connectivity index (χ1n) is 26.7. The zero-order valence-electron chi connectivity index (χ0n) is 43.0. The molecule has 2 atom stereocenters. The van der Waals surface area contributed by atoms with E-state index in [9.17, 15) is 14.3 Å². The molecule has 0 aliphatic carbocycles. The molecular weight excluding hydrogens is 830 g/mol. The second-order valence-corrected chi connectivity index (χ2v) is 20.3. The highest BCUT2D eigenvalue weighted by Gasteiger charge is 2.26. The number of rotatable bonds is 49. The molecule has 0 rings (SSSR count). The zero-order valence-corrected chi connectivity index (χ0v) is 43.9. The maximum atomic E-state index is 12.8. The van der Waals surface area contributed by atoms with Gasteiger partial charge in [-0.15, -0.1) is 0 Å². The lowest BCUT2D eigenvalue weighted by atomic mass is 10.0. The van der Waals surface area contributed by atoms with Gasteiger partial charge >= 0.3 is 13.8 Å². The Bertz CT molecular complexity index is 1270. The van der Waals surface area contributed by atoms with E-state index in [1.54, 1.807) is 0 Å². The maximum Gasteiger partial charge on any atom is 0.472 e. The number of likely N-dealkylation sites (N-methyl/N-ethyl adjacent to an activating group) is 1. The topological polar surface area (TPSA) is 91.3 Å². The summed E-state index contributed by atoms with van der Waals surface area (Å²) in [5.74, 6) is -0.324. The van der Waals surface area contributed by atoms with Crippen LogP contribution in [-0.2, 0) is 27.9 Å². The maximum absolute atomic E-state index is 12.8. The fourth-order valence-electron chi connectivity index (χ4n) is 7.20. The van der Waals surface area contributed by atoms with Crippen LogP contribution in [0.1, 0.15) is 219 Å². The first kappa shape index (κ1) is 62.9. The van der Waals surface area contributed by atoms with Crippen molar-refractivity contribution < 1.29 is 37.3 Å².